The van der Waals surface area contributed by atoms with Gasteiger partial charge in [0.15, 0.2) is 0 Å². The van der Waals surface area contributed by atoms with E-state index in [1.54, 1.807) is 6.07 Å². The van der Waals surface area contributed by atoms with Gasteiger partial charge in [0.25, 0.3) is 5.56 Å². The van der Waals surface area contributed by atoms with Crippen molar-refractivity contribution in [3.05, 3.63) is 27.9 Å². The van der Waals surface area contributed by atoms with Crippen LogP contribution in [0.3, 0.4) is 0 Å². The van der Waals surface area contributed by atoms with Crippen molar-refractivity contribution in [3.63, 3.8) is 0 Å². The number of H-pyrrole nitrogens is 1. The molecule has 3 heteroatoms. The van der Waals surface area contributed by atoms with Crippen LogP contribution in [0.4, 0.5) is 0 Å². The lowest BCUT2D eigenvalue weighted by Crippen LogP contribution is -2.15. The molecule has 0 spiro atoms. The van der Waals surface area contributed by atoms with E-state index in [1.807, 2.05) is 0 Å². The number of hydrogen-bond donors (Lipinski definition) is 1. The van der Waals surface area contributed by atoms with Crippen molar-refractivity contribution < 1.29 is 0 Å². The average Bonchev–Trinajstić information content (AvgIpc) is 2.77. The number of nitrogens with one attached hydrogen (secondary N) is 1. The van der Waals surface area contributed by atoms with E-state index in [9.17, 15) is 4.79 Å². The SMILES string of the molecule is CCCc1cc(=O)[nH]c(C2CCC(CC)C2)n1. The summed E-state index contributed by atoms with van der Waals surface area (Å²) in [5.41, 5.74) is 0.963. The Balaban J connectivity index is 2.18. The lowest BCUT2D eigenvalue weighted by molar-refractivity contribution is 0.515. The van der Waals surface area contributed by atoms with Crippen molar-refractivity contribution in [1.29, 1.82) is 0 Å². The fraction of sp³-hybridized carbons (Fsp3) is 0.714. The molecule has 1 fully saturated rings. The third kappa shape index (κ3) is 2.96. The zero-order chi connectivity index (χ0) is 12.3. The number of hydrogen-bond acceptors (Lipinski definition) is 2. The fourth-order valence-corrected chi connectivity index (χ4v) is 2.80. The maximum absolute atomic E-state index is 11.6. The molecule has 17 heavy (non-hydrogen) atoms. The maximum atomic E-state index is 11.6. The van der Waals surface area contributed by atoms with Gasteiger partial charge in [0.05, 0.1) is 0 Å². The number of aryl methyl sites for hydroxylation is 1. The molecule has 0 aliphatic heterocycles. The van der Waals surface area contributed by atoms with Gasteiger partial charge >= 0.3 is 0 Å². The maximum Gasteiger partial charge on any atom is 0.251 e. The van der Waals surface area contributed by atoms with E-state index in [0.29, 0.717) is 5.92 Å². The molecule has 0 saturated heterocycles. The van der Waals surface area contributed by atoms with Crippen LogP contribution < -0.4 is 5.56 Å². The Morgan fingerprint density at radius 1 is 1.41 bits per heavy atom. The van der Waals surface area contributed by atoms with Crippen LogP contribution in [0.1, 0.15) is 63.4 Å². The summed E-state index contributed by atoms with van der Waals surface area (Å²) >= 11 is 0. The van der Waals surface area contributed by atoms with E-state index in [0.717, 1.165) is 30.3 Å². The molecule has 2 atom stereocenters. The first kappa shape index (κ1) is 12.3. The second-order valence-corrected chi connectivity index (χ2v) is 5.16. The van der Waals surface area contributed by atoms with Crippen LogP contribution in [0.15, 0.2) is 10.9 Å². The van der Waals surface area contributed by atoms with Crippen LogP contribution >= 0.6 is 0 Å². The van der Waals surface area contributed by atoms with Gasteiger partial charge in [0.2, 0.25) is 0 Å². The standard InChI is InChI=1S/C14H22N2O/c1-3-5-12-9-13(17)16-14(15-12)11-7-6-10(4-2)8-11/h9-11H,3-8H2,1-2H3,(H,15,16,17). The smallest absolute Gasteiger partial charge is 0.251 e. The molecule has 0 bridgehead atoms. The molecule has 1 N–H and O–H groups in total. The summed E-state index contributed by atoms with van der Waals surface area (Å²) in [6, 6.07) is 1.64. The highest BCUT2D eigenvalue weighted by Gasteiger charge is 2.26. The zero-order valence-corrected chi connectivity index (χ0v) is 10.8. The Morgan fingerprint density at radius 2 is 2.24 bits per heavy atom. The summed E-state index contributed by atoms with van der Waals surface area (Å²) in [7, 11) is 0. The quantitative estimate of drug-likeness (QED) is 0.870. The van der Waals surface area contributed by atoms with Crippen molar-refractivity contribution in [3.8, 4) is 0 Å². The lowest BCUT2D eigenvalue weighted by atomic mass is 10.0. The number of nitrogens with zero attached hydrogens (tertiary/aromatic N) is 1. The van der Waals surface area contributed by atoms with E-state index >= 15 is 0 Å². The molecule has 2 rings (SSSR count). The molecule has 3 nitrogen and oxygen atoms in total. The van der Waals surface area contributed by atoms with E-state index < -0.39 is 0 Å². The monoisotopic (exact) mass is 234 g/mol. The van der Waals surface area contributed by atoms with Crippen LogP contribution in [0.25, 0.3) is 0 Å². The van der Waals surface area contributed by atoms with Gasteiger partial charge in [-0.15, -0.1) is 0 Å². The topological polar surface area (TPSA) is 45.8 Å². The van der Waals surface area contributed by atoms with Crippen LogP contribution in [-0.2, 0) is 6.42 Å². The normalized spacial score (nSPS) is 24.1. The van der Waals surface area contributed by atoms with Gasteiger partial charge in [-0.3, -0.25) is 4.79 Å². The van der Waals surface area contributed by atoms with Crippen LogP contribution in [-0.4, -0.2) is 9.97 Å². The lowest BCUT2D eigenvalue weighted by Gasteiger charge is -2.10. The molecule has 0 radical (unpaired) electrons. The fourth-order valence-electron chi connectivity index (χ4n) is 2.80. The van der Waals surface area contributed by atoms with E-state index in [-0.39, 0.29) is 5.56 Å². The average molecular weight is 234 g/mol. The molecule has 94 valence electrons. The van der Waals surface area contributed by atoms with E-state index in [1.165, 1.54) is 25.7 Å². The second kappa shape index (κ2) is 5.48. The number of rotatable bonds is 4. The van der Waals surface area contributed by atoms with Gasteiger partial charge in [-0.2, -0.15) is 0 Å². The largest absolute Gasteiger partial charge is 0.310 e. The Bertz CT molecular complexity index is 424. The van der Waals surface area contributed by atoms with E-state index in [4.69, 9.17) is 0 Å². The van der Waals surface area contributed by atoms with Gasteiger partial charge < -0.3 is 4.98 Å². The van der Waals surface area contributed by atoms with Crippen molar-refractivity contribution in [2.45, 2.75) is 58.3 Å². The van der Waals surface area contributed by atoms with Crippen LogP contribution in [0.5, 0.6) is 0 Å². The highest BCUT2D eigenvalue weighted by molar-refractivity contribution is 5.07. The molecule has 1 aromatic heterocycles. The Morgan fingerprint density at radius 3 is 2.88 bits per heavy atom. The molecule has 1 heterocycles. The highest BCUT2D eigenvalue weighted by atomic mass is 16.1. The first-order chi connectivity index (χ1) is 8.22. The highest BCUT2D eigenvalue weighted by Crippen LogP contribution is 2.37. The van der Waals surface area contributed by atoms with Crippen molar-refractivity contribution in [2.75, 3.05) is 0 Å². The molecule has 1 saturated carbocycles. The van der Waals surface area contributed by atoms with Gasteiger partial charge in [-0.25, -0.2) is 4.98 Å². The Hall–Kier alpha value is -1.12. The Kier molecular flexibility index (Phi) is 3.97. The van der Waals surface area contributed by atoms with Crippen molar-refractivity contribution >= 4 is 0 Å². The van der Waals surface area contributed by atoms with Crippen molar-refractivity contribution in [1.82, 2.24) is 9.97 Å². The first-order valence-corrected chi connectivity index (χ1v) is 6.83. The minimum atomic E-state index is 0.0124. The summed E-state index contributed by atoms with van der Waals surface area (Å²) in [5, 5.41) is 0. The minimum Gasteiger partial charge on any atom is -0.310 e. The van der Waals surface area contributed by atoms with Gasteiger partial charge in [-0.1, -0.05) is 26.7 Å². The number of aromatic amines is 1. The summed E-state index contributed by atoms with van der Waals surface area (Å²) in [6.45, 7) is 4.36. The Labute approximate surface area is 103 Å². The molecular formula is C14H22N2O. The summed E-state index contributed by atoms with van der Waals surface area (Å²) < 4.78 is 0. The predicted molar refractivity (Wildman–Crippen MR) is 69.2 cm³/mol. The molecule has 2 unspecified atom stereocenters. The predicted octanol–water partition coefficient (Wildman–Crippen LogP) is 3.02. The first-order valence-electron chi connectivity index (χ1n) is 6.83. The third-order valence-electron chi connectivity index (χ3n) is 3.82. The van der Waals surface area contributed by atoms with Crippen molar-refractivity contribution in [2.24, 2.45) is 5.92 Å². The minimum absolute atomic E-state index is 0.0124. The third-order valence-corrected chi connectivity index (χ3v) is 3.82. The van der Waals surface area contributed by atoms with Crippen LogP contribution in [0.2, 0.25) is 0 Å². The molecule has 0 amide bonds. The van der Waals surface area contributed by atoms with Gasteiger partial charge in [-0.05, 0) is 31.6 Å². The second-order valence-electron chi connectivity index (χ2n) is 5.16. The van der Waals surface area contributed by atoms with Crippen LogP contribution in [0, 0.1) is 5.92 Å². The molecule has 1 aliphatic rings. The molecule has 0 aromatic carbocycles. The van der Waals surface area contributed by atoms with Gasteiger partial charge in [0.1, 0.15) is 5.82 Å². The molecule has 1 aliphatic carbocycles. The summed E-state index contributed by atoms with van der Waals surface area (Å²) in [6.07, 6.45) is 6.84. The van der Waals surface area contributed by atoms with Gasteiger partial charge in [0, 0.05) is 17.7 Å². The zero-order valence-electron chi connectivity index (χ0n) is 10.8. The summed E-state index contributed by atoms with van der Waals surface area (Å²) in [4.78, 5) is 19.1. The number of aromatic nitrogens is 2. The molecular weight excluding hydrogens is 212 g/mol. The van der Waals surface area contributed by atoms with E-state index in [2.05, 4.69) is 23.8 Å². The molecule has 1 aromatic rings. The summed E-state index contributed by atoms with van der Waals surface area (Å²) in [5.74, 6) is 2.22.